The number of alkyl carbamates (subject to hydrolysis) is 1. The molecule has 3 nitrogen and oxygen atoms in total. The molecule has 0 spiro atoms. The van der Waals surface area contributed by atoms with E-state index < -0.39 is 23.3 Å². The molecule has 0 atom stereocenters. The van der Waals surface area contributed by atoms with Crippen molar-refractivity contribution in [3.8, 4) is 0 Å². The van der Waals surface area contributed by atoms with Crippen LogP contribution < -0.4 is 5.32 Å². The average molecular weight is 322 g/mol. The standard InChI is InChI=1S/C12H14BrF2NO2/c1-12(2,3)18-11(17)16-6-8-9(14)4-7(13)5-10(8)15/h4-5H,6H2,1-3H3,(H,16,17). The predicted molar refractivity (Wildman–Crippen MR) is 67.1 cm³/mol. The summed E-state index contributed by atoms with van der Waals surface area (Å²) in [4.78, 5) is 11.3. The zero-order valence-electron chi connectivity index (χ0n) is 10.3. The normalized spacial score (nSPS) is 11.2. The van der Waals surface area contributed by atoms with Crippen molar-refractivity contribution in [2.24, 2.45) is 0 Å². The molecule has 1 N–H and O–H groups in total. The van der Waals surface area contributed by atoms with Crippen LogP contribution in [-0.2, 0) is 11.3 Å². The summed E-state index contributed by atoms with van der Waals surface area (Å²) in [5.41, 5.74) is -0.856. The fourth-order valence-corrected chi connectivity index (χ4v) is 1.62. The van der Waals surface area contributed by atoms with Crippen LogP contribution in [0.4, 0.5) is 13.6 Å². The van der Waals surface area contributed by atoms with Crippen LogP contribution in [0.2, 0.25) is 0 Å². The van der Waals surface area contributed by atoms with E-state index in [1.807, 2.05) is 0 Å². The van der Waals surface area contributed by atoms with Gasteiger partial charge < -0.3 is 10.1 Å². The second kappa shape index (κ2) is 5.65. The Morgan fingerprint density at radius 1 is 1.33 bits per heavy atom. The first-order valence-electron chi connectivity index (χ1n) is 5.29. The summed E-state index contributed by atoms with van der Waals surface area (Å²) >= 11 is 2.97. The van der Waals surface area contributed by atoms with Gasteiger partial charge in [0.25, 0.3) is 0 Å². The van der Waals surface area contributed by atoms with Gasteiger partial charge >= 0.3 is 6.09 Å². The highest BCUT2D eigenvalue weighted by molar-refractivity contribution is 9.10. The third-order valence-corrected chi connectivity index (χ3v) is 2.37. The molecule has 1 aromatic rings. The summed E-state index contributed by atoms with van der Waals surface area (Å²) in [5, 5.41) is 2.30. The second-order valence-corrected chi connectivity index (χ2v) is 5.62. The van der Waals surface area contributed by atoms with Crippen LogP contribution in [0.3, 0.4) is 0 Å². The summed E-state index contributed by atoms with van der Waals surface area (Å²) < 4.78 is 32.1. The molecule has 18 heavy (non-hydrogen) atoms. The molecule has 0 saturated heterocycles. The Kier molecular flexibility index (Phi) is 4.67. The third kappa shape index (κ3) is 4.60. The number of benzene rings is 1. The molecular formula is C12H14BrF2NO2. The van der Waals surface area contributed by atoms with Gasteiger partial charge in [-0.05, 0) is 32.9 Å². The van der Waals surface area contributed by atoms with E-state index in [9.17, 15) is 13.6 Å². The number of amides is 1. The van der Waals surface area contributed by atoms with Gasteiger partial charge in [-0.25, -0.2) is 13.6 Å². The number of carbonyl (C=O) groups excluding carboxylic acids is 1. The molecule has 1 amide bonds. The summed E-state index contributed by atoms with van der Waals surface area (Å²) in [6.45, 7) is 4.84. The topological polar surface area (TPSA) is 38.3 Å². The Morgan fingerprint density at radius 2 is 1.83 bits per heavy atom. The van der Waals surface area contributed by atoms with E-state index in [0.29, 0.717) is 4.47 Å². The van der Waals surface area contributed by atoms with Crippen molar-refractivity contribution in [3.05, 3.63) is 33.8 Å². The van der Waals surface area contributed by atoms with Gasteiger partial charge in [-0.15, -0.1) is 0 Å². The lowest BCUT2D eigenvalue weighted by atomic mass is 10.2. The first-order valence-corrected chi connectivity index (χ1v) is 6.08. The Bertz CT molecular complexity index is 435. The number of carbonyl (C=O) groups is 1. The fraction of sp³-hybridized carbons (Fsp3) is 0.417. The zero-order valence-corrected chi connectivity index (χ0v) is 11.9. The molecule has 0 unspecified atom stereocenters. The van der Waals surface area contributed by atoms with Crippen LogP contribution in [0.15, 0.2) is 16.6 Å². The van der Waals surface area contributed by atoms with Gasteiger partial charge in [-0.3, -0.25) is 0 Å². The van der Waals surface area contributed by atoms with E-state index in [2.05, 4.69) is 21.2 Å². The molecule has 0 aromatic heterocycles. The number of halogens is 3. The first kappa shape index (κ1) is 14.9. The molecule has 0 aliphatic heterocycles. The van der Waals surface area contributed by atoms with E-state index in [-0.39, 0.29) is 12.1 Å². The second-order valence-electron chi connectivity index (χ2n) is 4.70. The van der Waals surface area contributed by atoms with Crippen molar-refractivity contribution >= 4 is 22.0 Å². The molecule has 0 heterocycles. The van der Waals surface area contributed by atoms with Crippen LogP contribution in [-0.4, -0.2) is 11.7 Å². The molecule has 0 aliphatic carbocycles. The minimum Gasteiger partial charge on any atom is -0.444 e. The summed E-state index contributed by atoms with van der Waals surface area (Å²) in [5.74, 6) is -1.45. The molecule has 0 fully saturated rings. The fourth-order valence-electron chi connectivity index (χ4n) is 1.22. The molecule has 0 aliphatic rings. The van der Waals surface area contributed by atoms with Crippen molar-refractivity contribution in [3.63, 3.8) is 0 Å². The maximum atomic E-state index is 13.4. The quantitative estimate of drug-likeness (QED) is 0.900. The lowest BCUT2D eigenvalue weighted by molar-refractivity contribution is 0.0523. The van der Waals surface area contributed by atoms with Crippen LogP contribution in [0.1, 0.15) is 26.3 Å². The lowest BCUT2D eigenvalue weighted by Gasteiger charge is -2.19. The van der Waals surface area contributed by atoms with Gasteiger partial charge in [0.2, 0.25) is 0 Å². The highest BCUT2D eigenvalue weighted by Crippen LogP contribution is 2.19. The number of nitrogens with one attached hydrogen (secondary N) is 1. The molecule has 100 valence electrons. The molecule has 1 aromatic carbocycles. The zero-order chi connectivity index (χ0) is 13.9. The minimum absolute atomic E-state index is 0.205. The summed E-state index contributed by atoms with van der Waals surface area (Å²) in [6, 6.07) is 2.27. The summed E-state index contributed by atoms with van der Waals surface area (Å²) in [7, 11) is 0. The summed E-state index contributed by atoms with van der Waals surface area (Å²) in [6.07, 6.45) is -0.718. The molecular weight excluding hydrogens is 308 g/mol. The molecule has 1 rings (SSSR count). The minimum atomic E-state index is -0.724. The maximum absolute atomic E-state index is 13.4. The van der Waals surface area contributed by atoms with Gasteiger partial charge in [0.05, 0.1) is 6.54 Å². The van der Waals surface area contributed by atoms with Gasteiger partial charge in [-0.2, -0.15) is 0 Å². The molecule has 0 bridgehead atoms. The van der Waals surface area contributed by atoms with Crippen molar-refractivity contribution in [2.45, 2.75) is 32.9 Å². The smallest absolute Gasteiger partial charge is 0.407 e. The van der Waals surface area contributed by atoms with Crippen molar-refractivity contribution in [1.82, 2.24) is 5.32 Å². The van der Waals surface area contributed by atoms with E-state index in [0.717, 1.165) is 12.1 Å². The highest BCUT2D eigenvalue weighted by Gasteiger charge is 2.17. The largest absolute Gasteiger partial charge is 0.444 e. The highest BCUT2D eigenvalue weighted by atomic mass is 79.9. The van der Waals surface area contributed by atoms with Crippen LogP contribution >= 0.6 is 15.9 Å². The number of rotatable bonds is 2. The van der Waals surface area contributed by atoms with Gasteiger partial charge in [0, 0.05) is 10.0 Å². The predicted octanol–water partition coefficient (Wildman–Crippen LogP) is 3.75. The van der Waals surface area contributed by atoms with Crippen LogP contribution in [0.5, 0.6) is 0 Å². The maximum Gasteiger partial charge on any atom is 0.407 e. The third-order valence-electron chi connectivity index (χ3n) is 1.91. The van der Waals surface area contributed by atoms with Gasteiger partial charge in [-0.1, -0.05) is 15.9 Å². The average Bonchev–Trinajstić information content (AvgIpc) is 2.12. The Morgan fingerprint density at radius 3 is 2.28 bits per heavy atom. The van der Waals surface area contributed by atoms with Crippen LogP contribution in [0.25, 0.3) is 0 Å². The van der Waals surface area contributed by atoms with Gasteiger partial charge in [0.15, 0.2) is 0 Å². The van der Waals surface area contributed by atoms with E-state index in [1.165, 1.54) is 0 Å². The Labute approximate surface area is 113 Å². The van der Waals surface area contributed by atoms with Crippen molar-refractivity contribution in [1.29, 1.82) is 0 Å². The lowest BCUT2D eigenvalue weighted by Crippen LogP contribution is -2.32. The first-order chi connectivity index (χ1) is 8.19. The van der Waals surface area contributed by atoms with Crippen molar-refractivity contribution < 1.29 is 18.3 Å². The van der Waals surface area contributed by atoms with Crippen molar-refractivity contribution in [2.75, 3.05) is 0 Å². The van der Waals surface area contributed by atoms with Gasteiger partial charge in [0.1, 0.15) is 17.2 Å². The monoisotopic (exact) mass is 321 g/mol. The SMILES string of the molecule is CC(C)(C)OC(=O)NCc1c(F)cc(Br)cc1F. The van der Waals surface area contributed by atoms with E-state index >= 15 is 0 Å². The number of hydrogen-bond acceptors (Lipinski definition) is 2. The van der Waals surface area contributed by atoms with E-state index in [1.54, 1.807) is 20.8 Å². The number of ether oxygens (including phenoxy) is 1. The Hall–Kier alpha value is -1.17. The molecule has 0 radical (unpaired) electrons. The Balaban J connectivity index is 2.67. The number of hydrogen-bond donors (Lipinski definition) is 1. The molecule has 6 heteroatoms. The van der Waals surface area contributed by atoms with E-state index in [4.69, 9.17) is 4.74 Å². The van der Waals surface area contributed by atoms with Crippen LogP contribution in [0, 0.1) is 11.6 Å². The molecule has 0 saturated carbocycles.